The van der Waals surface area contributed by atoms with Gasteiger partial charge in [0.15, 0.2) is 0 Å². The maximum atomic E-state index is 12.4. The second kappa shape index (κ2) is 4.02. The molecule has 2 heterocycles. The summed E-state index contributed by atoms with van der Waals surface area (Å²) >= 11 is 0. The fourth-order valence-electron chi connectivity index (χ4n) is 3.79. The van der Waals surface area contributed by atoms with Crippen LogP contribution in [-0.2, 0) is 4.79 Å². The van der Waals surface area contributed by atoms with Crippen molar-refractivity contribution in [3.8, 4) is 0 Å². The molecule has 90 valence electrons. The summed E-state index contributed by atoms with van der Waals surface area (Å²) in [5.74, 6) is 1.59. The molecule has 2 bridgehead atoms. The zero-order valence-corrected chi connectivity index (χ0v) is 10.1. The largest absolute Gasteiger partial charge is 0.339 e. The zero-order valence-electron chi connectivity index (χ0n) is 10.1. The Morgan fingerprint density at radius 1 is 1.25 bits per heavy atom. The van der Waals surface area contributed by atoms with Crippen LogP contribution in [-0.4, -0.2) is 36.0 Å². The number of likely N-dealkylation sites (tertiary alicyclic amines) is 1. The molecule has 0 aromatic heterocycles. The van der Waals surface area contributed by atoms with Gasteiger partial charge in [0, 0.05) is 24.5 Å². The Labute approximate surface area is 97.6 Å². The summed E-state index contributed by atoms with van der Waals surface area (Å²) in [6.45, 7) is 4.26. The normalized spacial score (nSPS) is 42.7. The van der Waals surface area contributed by atoms with Gasteiger partial charge in [-0.25, -0.2) is 0 Å². The second-order valence-electron chi connectivity index (χ2n) is 5.90. The van der Waals surface area contributed by atoms with E-state index in [1.165, 1.54) is 19.3 Å². The number of nitrogens with zero attached hydrogens (tertiary/aromatic N) is 1. The molecule has 16 heavy (non-hydrogen) atoms. The van der Waals surface area contributed by atoms with E-state index in [-0.39, 0.29) is 0 Å². The molecule has 2 saturated heterocycles. The molecular formula is C13H22N2O. The summed E-state index contributed by atoms with van der Waals surface area (Å²) in [4.78, 5) is 14.6. The van der Waals surface area contributed by atoms with Gasteiger partial charge in [0.25, 0.3) is 0 Å². The molecule has 1 amide bonds. The van der Waals surface area contributed by atoms with E-state index in [1.54, 1.807) is 0 Å². The Kier molecular flexibility index (Phi) is 2.66. The molecule has 1 aliphatic carbocycles. The van der Waals surface area contributed by atoms with Crippen molar-refractivity contribution in [1.29, 1.82) is 0 Å². The molecule has 3 aliphatic rings. The first kappa shape index (κ1) is 10.6. The standard InChI is InChI=1S/C13H22N2O/c1-9-6-11(4-5-14-9)13(16)15-8-10-2-3-12(15)7-10/h9-12,14H,2-8H2,1H3. The van der Waals surface area contributed by atoms with Crippen LogP contribution in [0, 0.1) is 11.8 Å². The van der Waals surface area contributed by atoms with Gasteiger partial charge in [-0.1, -0.05) is 0 Å². The summed E-state index contributed by atoms with van der Waals surface area (Å²) in [5, 5.41) is 3.42. The van der Waals surface area contributed by atoms with Crippen molar-refractivity contribution in [1.82, 2.24) is 10.2 Å². The number of fused-ring (bicyclic) bond motifs is 2. The molecule has 1 saturated carbocycles. The highest BCUT2D eigenvalue weighted by Crippen LogP contribution is 2.38. The predicted molar refractivity (Wildman–Crippen MR) is 63.0 cm³/mol. The molecule has 4 unspecified atom stereocenters. The van der Waals surface area contributed by atoms with E-state index in [1.807, 2.05) is 0 Å². The number of nitrogens with one attached hydrogen (secondary N) is 1. The van der Waals surface area contributed by atoms with Crippen molar-refractivity contribution in [2.75, 3.05) is 13.1 Å². The maximum Gasteiger partial charge on any atom is 0.226 e. The zero-order chi connectivity index (χ0) is 11.1. The molecule has 3 nitrogen and oxygen atoms in total. The Bertz CT molecular complexity index is 292. The summed E-state index contributed by atoms with van der Waals surface area (Å²) in [6, 6.07) is 1.12. The third kappa shape index (κ3) is 1.75. The monoisotopic (exact) mass is 222 g/mol. The van der Waals surface area contributed by atoms with E-state index in [0.717, 1.165) is 31.8 Å². The first-order valence-electron chi connectivity index (χ1n) is 6.78. The minimum Gasteiger partial charge on any atom is -0.339 e. The number of amides is 1. The van der Waals surface area contributed by atoms with E-state index >= 15 is 0 Å². The highest BCUT2D eigenvalue weighted by atomic mass is 16.2. The second-order valence-corrected chi connectivity index (χ2v) is 5.90. The van der Waals surface area contributed by atoms with E-state index in [2.05, 4.69) is 17.1 Å². The average Bonchev–Trinajstić information content (AvgIpc) is 2.89. The topological polar surface area (TPSA) is 32.3 Å². The van der Waals surface area contributed by atoms with Crippen LogP contribution in [0.2, 0.25) is 0 Å². The lowest BCUT2D eigenvalue weighted by molar-refractivity contribution is -0.138. The van der Waals surface area contributed by atoms with Crippen LogP contribution >= 0.6 is 0 Å². The molecule has 4 atom stereocenters. The predicted octanol–water partition coefficient (Wildman–Crippen LogP) is 1.39. The number of piperidine rings is 2. The minimum atomic E-state index is 0.301. The van der Waals surface area contributed by atoms with Crippen LogP contribution in [0.15, 0.2) is 0 Å². The number of carbonyl (C=O) groups is 1. The molecule has 1 N–H and O–H groups in total. The number of carbonyl (C=O) groups excluding carboxylic acids is 1. The quantitative estimate of drug-likeness (QED) is 0.727. The fourth-order valence-corrected chi connectivity index (χ4v) is 3.79. The lowest BCUT2D eigenvalue weighted by Crippen LogP contribution is -2.46. The van der Waals surface area contributed by atoms with Gasteiger partial charge in [0.1, 0.15) is 0 Å². The van der Waals surface area contributed by atoms with Crippen LogP contribution in [0.1, 0.15) is 39.0 Å². The molecule has 2 aliphatic heterocycles. The molecular weight excluding hydrogens is 200 g/mol. The third-order valence-electron chi connectivity index (χ3n) is 4.67. The van der Waals surface area contributed by atoms with Crippen LogP contribution in [0.3, 0.4) is 0 Å². The van der Waals surface area contributed by atoms with Gasteiger partial charge in [0.2, 0.25) is 5.91 Å². The van der Waals surface area contributed by atoms with Crippen molar-refractivity contribution < 1.29 is 4.79 Å². The lowest BCUT2D eigenvalue weighted by atomic mass is 9.91. The van der Waals surface area contributed by atoms with Crippen molar-refractivity contribution in [3.05, 3.63) is 0 Å². The molecule has 3 fully saturated rings. The van der Waals surface area contributed by atoms with Crippen LogP contribution in [0.4, 0.5) is 0 Å². The van der Waals surface area contributed by atoms with Gasteiger partial charge in [-0.15, -0.1) is 0 Å². The summed E-state index contributed by atoms with van der Waals surface area (Å²) in [5.41, 5.74) is 0. The smallest absolute Gasteiger partial charge is 0.226 e. The number of hydrogen-bond donors (Lipinski definition) is 1. The van der Waals surface area contributed by atoms with Gasteiger partial charge < -0.3 is 10.2 Å². The van der Waals surface area contributed by atoms with Gasteiger partial charge in [-0.3, -0.25) is 4.79 Å². The maximum absolute atomic E-state index is 12.4. The number of hydrogen-bond acceptors (Lipinski definition) is 2. The highest BCUT2D eigenvalue weighted by Gasteiger charge is 2.42. The molecule has 0 radical (unpaired) electrons. The Balaban J connectivity index is 1.64. The Morgan fingerprint density at radius 3 is 2.75 bits per heavy atom. The van der Waals surface area contributed by atoms with Gasteiger partial charge >= 0.3 is 0 Å². The minimum absolute atomic E-state index is 0.301. The van der Waals surface area contributed by atoms with Gasteiger partial charge in [-0.2, -0.15) is 0 Å². The van der Waals surface area contributed by atoms with E-state index in [4.69, 9.17) is 0 Å². The first-order valence-corrected chi connectivity index (χ1v) is 6.78. The van der Waals surface area contributed by atoms with E-state index < -0.39 is 0 Å². The summed E-state index contributed by atoms with van der Waals surface area (Å²) in [6.07, 6.45) is 5.98. The lowest BCUT2D eigenvalue weighted by Gasteiger charge is -2.34. The average molecular weight is 222 g/mol. The van der Waals surface area contributed by atoms with E-state index in [9.17, 15) is 4.79 Å². The molecule has 3 heteroatoms. The van der Waals surface area contributed by atoms with Gasteiger partial charge in [-0.05, 0) is 51.5 Å². The van der Waals surface area contributed by atoms with E-state index in [0.29, 0.717) is 23.9 Å². The first-order chi connectivity index (χ1) is 7.74. The van der Waals surface area contributed by atoms with Crippen LogP contribution < -0.4 is 5.32 Å². The Hall–Kier alpha value is -0.570. The van der Waals surface area contributed by atoms with Crippen LogP contribution in [0.25, 0.3) is 0 Å². The molecule has 0 aromatic carbocycles. The van der Waals surface area contributed by atoms with Crippen molar-refractivity contribution in [2.45, 2.75) is 51.1 Å². The Morgan fingerprint density at radius 2 is 2.12 bits per heavy atom. The SMILES string of the molecule is CC1CC(C(=O)N2CC3CCC2C3)CCN1. The highest BCUT2D eigenvalue weighted by molar-refractivity contribution is 5.79. The fraction of sp³-hybridized carbons (Fsp3) is 0.923. The summed E-state index contributed by atoms with van der Waals surface area (Å²) < 4.78 is 0. The molecule has 3 rings (SSSR count). The van der Waals surface area contributed by atoms with Gasteiger partial charge in [0.05, 0.1) is 0 Å². The third-order valence-corrected chi connectivity index (χ3v) is 4.67. The molecule has 0 aromatic rings. The number of rotatable bonds is 1. The van der Waals surface area contributed by atoms with Crippen molar-refractivity contribution >= 4 is 5.91 Å². The molecule has 0 spiro atoms. The van der Waals surface area contributed by atoms with Crippen molar-refractivity contribution in [2.24, 2.45) is 11.8 Å². The van der Waals surface area contributed by atoms with Crippen molar-refractivity contribution in [3.63, 3.8) is 0 Å². The summed E-state index contributed by atoms with van der Waals surface area (Å²) in [7, 11) is 0. The van der Waals surface area contributed by atoms with Crippen LogP contribution in [0.5, 0.6) is 0 Å².